The van der Waals surface area contributed by atoms with E-state index in [1.807, 2.05) is 0 Å². The molecule has 2 atom stereocenters. The van der Waals surface area contributed by atoms with Crippen molar-refractivity contribution in [2.75, 3.05) is 5.32 Å². The summed E-state index contributed by atoms with van der Waals surface area (Å²) in [5.41, 5.74) is 0.100. The highest BCUT2D eigenvalue weighted by molar-refractivity contribution is 5.94. The van der Waals surface area contributed by atoms with E-state index in [4.69, 9.17) is 10.6 Å². The van der Waals surface area contributed by atoms with Gasteiger partial charge >= 0.3 is 5.97 Å². The number of amides is 2. The molecule has 9 heteroatoms. The number of hydrazone groups is 1. The summed E-state index contributed by atoms with van der Waals surface area (Å²) in [6, 6.07) is 6.61. The summed E-state index contributed by atoms with van der Waals surface area (Å²) in [4.78, 5) is 41.4. The SMILES string of the molecule is CCC(=O)OC1(NC(=O)CCC(=O)Nc2ccc(C=NN)cc2)C=CC=NC1C1CC1. The van der Waals surface area contributed by atoms with Crippen LogP contribution in [0, 0.1) is 5.92 Å². The topological polar surface area (TPSA) is 135 Å². The van der Waals surface area contributed by atoms with Gasteiger partial charge in [-0.3, -0.25) is 19.4 Å². The van der Waals surface area contributed by atoms with Gasteiger partial charge in [-0.25, -0.2) is 0 Å². The minimum absolute atomic E-state index is 0.0171. The van der Waals surface area contributed by atoms with Crippen LogP contribution < -0.4 is 16.5 Å². The number of carbonyl (C=O) groups excluding carboxylic acids is 3. The van der Waals surface area contributed by atoms with Crippen LogP contribution in [-0.4, -0.2) is 42.0 Å². The molecule has 1 saturated carbocycles. The van der Waals surface area contributed by atoms with Gasteiger partial charge in [-0.1, -0.05) is 19.1 Å². The van der Waals surface area contributed by atoms with E-state index in [0.29, 0.717) is 5.69 Å². The van der Waals surface area contributed by atoms with Gasteiger partial charge in [-0.2, -0.15) is 5.10 Å². The first-order valence-electron chi connectivity index (χ1n) is 10.3. The number of carbonyl (C=O) groups is 3. The van der Waals surface area contributed by atoms with Crippen molar-refractivity contribution in [3.8, 4) is 0 Å². The molecule has 31 heavy (non-hydrogen) atoms. The molecule has 1 aromatic carbocycles. The van der Waals surface area contributed by atoms with Crippen LogP contribution in [0.3, 0.4) is 0 Å². The Bertz CT molecular complexity index is 905. The fraction of sp³-hybridized carbons (Fsp3) is 0.409. The van der Waals surface area contributed by atoms with Crippen LogP contribution in [0.4, 0.5) is 5.69 Å². The average Bonchev–Trinajstić information content (AvgIpc) is 3.59. The van der Waals surface area contributed by atoms with Gasteiger partial charge in [0.15, 0.2) is 0 Å². The molecule has 1 fully saturated rings. The molecule has 0 saturated heterocycles. The van der Waals surface area contributed by atoms with E-state index in [2.05, 4.69) is 20.7 Å². The van der Waals surface area contributed by atoms with Crippen LogP contribution in [0.2, 0.25) is 0 Å². The van der Waals surface area contributed by atoms with E-state index in [-0.39, 0.29) is 43.0 Å². The molecule has 0 spiro atoms. The Kier molecular flexibility index (Phi) is 7.17. The molecule has 1 aliphatic carbocycles. The molecule has 0 aromatic heterocycles. The number of benzene rings is 1. The van der Waals surface area contributed by atoms with E-state index < -0.39 is 11.7 Å². The Morgan fingerprint density at radius 1 is 1.23 bits per heavy atom. The van der Waals surface area contributed by atoms with Crippen LogP contribution in [0.5, 0.6) is 0 Å². The van der Waals surface area contributed by atoms with E-state index >= 15 is 0 Å². The molecule has 2 unspecified atom stereocenters. The number of nitrogens with zero attached hydrogens (tertiary/aromatic N) is 2. The van der Waals surface area contributed by atoms with Crippen molar-refractivity contribution in [1.29, 1.82) is 0 Å². The monoisotopic (exact) mass is 425 g/mol. The first-order valence-corrected chi connectivity index (χ1v) is 10.3. The third kappa shape index (κ3) is 6.00. The largest absolute Gasteiger partial charge is 0.433 e. The number of aliphatic imine (C=N–C) groups is 1. The molecule has 1 aromatic rings. The van der Waals surface area contributed by atoms with Gasteiger partial charge in [0.25, 0.3) is 0 Å². The predicted molar refractivity (Wildman–Crippen MR) is 117 cm³/mol. The highest BCUT2D eigenvalue weighted by atomic mass is 16.6. The van der Waals surface area contributed by atoms with Gasteiger partial charge in [0, 0.05) is 31.2 Å². The molecule has 2 aliphatic rings. The van der Waals surface area contributed by atoms with Crippen molar-refractivity contribution in [3.05, 3.63) is 42.0 Å². The summed E-state index contributed by atoms with van der Waals surface area (Å²) < 4.78 is 5.65. The second-order valence-corrected chi connectivity index (χ2v) is 7.56. The fourth-order valence-corrected chi connectivity index (χ4v) is 3.39. The van der Waals surface area contributed by atoms with Crippen molar-refractivity contribution in [2.24, 2.45) is 21.9 Å². The third-order valence-corrected chi connectivity index (χ3v) is 5.09. The number of rotatable bonds is 9. The normalized spacial score (nSPS) is 22.3. The number of nitrogens with two attached hydrogens (primary N) is 1. The van der Waals surface area contributed by atoms with Crippen LogP contribution in [0.25, 0.3) is 0 Å². The van der Waals surface area contributed by atoms with Crippen molar-refractivity contribution < 1.29 is 19.1 Å². The number of anilines is 1. The number of ether oxygens (including phenoxy) is 1. The standard InChI is InChI=1S/C22H27N5O4/c1-2-20(30)31-22(12-3-13-24-21(22)16-6-7-16)27-19(29)11-10-18(28)26-17-8-4-15(5-9-17)14-25-23/h3-5,8-9,12-14,16,21H,2,6-7,10-11,23H2,1H3,(H,26,28)(H,27,29). The summed E-state index contributed by atoms with van der Waals surface area (Å²) in [6.45, 7) is 1.69. The summed E-state index contributed by atoms with van der Waals surface area (Å²) in [7, 11) is 0. The summed E-state index contributed by atoms with van der Waals surface area (Å²) >= 11 is 0. The number of nitrogens with one attached hydrogen (secondary N) is 2. The maximum Gasteiger partial charge on any atom is 0.307 e. The molecule has 1 heterocycles. The van der Waals surface area contributed by atoms with Crippen molar-refractivity contribution in [1.82, 2.24) is 5.32 Å². The highest BCUT2D eigenvalue weighted by Gasteiger charge is 2.50. The van der Waals surface area contributed by atoms with Crippen LogP contribution >= 0.6 is 0 Å². The third-order valence-electron chi connectivity index (χ3n) is 5.09. The Labute approximate surface area is 180 Å². The molecule has 1 aliphatic heterocycles. The lowest BCUT2D eigenvalue weighted by molar-refractivity contribution is -0.162. The number of hydrogen-bond acceptors (Lipinski definition) is 7. The molecule has 4 N–H and O–H groups in total. The zero-order valence-electron chi connectivity index (χ0n) is 17.4. The number of hydrogen-bond donors (Lipinski definition) is 3. The van der Waals surface area contributed by atoms with Gasteiger partial charge in [-0.15, -0.1) is 0 Å². The maximum atomic E-state index is 12.7. The lowest BCUT2D eigenvalue weighted by Crippen LogP contribution is -2.59. The lowest BCUT2D eigenvalue weighted by Gasteiger charge is -2.37. The van der Waals surface area contributed by atoms with Gasteiger partial charge in [0.05, 0.1) is 6.21 Å². The lowest BCUT2D eigenvalue weighted by atomic mass is 9.96. The first-order chi connectivity index (χ1) is 15.0. The zero-order valence-corrected chi connectivity index (χ0v) is 17.4. The van der Waals surface area contributed by atoms with Gasteiger partial charge in [0.1, 0.15) is 6.04 Å². The smallest absolute Gasteiger partial charge is 0.307 e. The van der Waals surface area contributed by atoms with E-state index in [1.54, 1.807) is 49.6 Å². The van der Waals surface area contributed by atoms with Crippen molar-refractivity contribution >= 4 is 35.9 Å². The predicted octanol–water partition coefficient (Wildman–Crippen LogP) is 1.88. The molecule has 2 amide bonds. The minimum Gasteiger partial charge on any atom is -0.433 e. The fourth-order valence-electron chi connectivity index (χ4n) is 3.39. The Morgan fingerprint density at radius 2 is 1.94 bits per heavy atom. The van der Waals surface area contributed by atoms with Crippen LogP contribution in [0.15, 0.2) is 46.5 Å². The minimum atomic E-state index is -1.31. The molecular formula is C22H27N5O4. The quantitative estimate of drug-likeness (QED) is 0.182. The number of allylic oxidation sites excluding steroid dienone is 1. The summed E-state index contributed by atoms with van der Waals surface area (Å²) in [5.74, 6) is 4.25. The highest BCUT2D eigenvalue weighted by Crippen LogP contribution is 2.41. The van der Waals surface area contributed by atoms with E-state index in [9.17, 15) is 14.4 Å². The second kappa shape index (κ2) is 10.0. The molecule has 164 valence electrons. The average molecular weight is 425 g/mol. The van der Waals surface area contributed by atoms with Gasteiger partial charge < -0.3 is 21.2 Å². The Morgan fingerprint density at radius 3 is 2.58 bits per heavy atom. The molecular weight excluding hydrogens is 398 g/mol. The molecule has 0 radical (unpaired) electrons. The van der Waals surface area contributed by atoms with E-state index in [1.165, 1.54) is 6.21 Å². The second-order valence-electron chi connectivity index (χ2n) is 7.56. The molecule has 3 rings (SSSR count). The molecule has 9 nitrogen and oxygen atoms in total. The first kappa shape index (κ1) is 22.2. The number of dihydropyridines is 1. The van der Waals surface area contributed by atoms with Crippen molar-refractivity contribution in [2.45, 2.75) is 50.8 Å². The van der Waals surface area contributed by atoms with Gasteiger partial charge in [-0.05, 0) is 48.6 Å². The Hall–Kier alpha value is -3.49. The van der Waals surface area contributed by atoms with Crippen LogP contribution in [-0.2, 0) is 19.1 Å². The van der Waals surface area contributed by atoms with E-state index in [0.717, 1.165) is 18.4 Å². The zero-order chi connectivity index (χ0) is 22.3. The summed E-state index contributed by atoms with van der Waals surface area (Å²) in [5, 5.41) is 9.00. The number of esters is 1. The Balaban J connectivity index is 1.58. The van der Waals surface area contributed by atoms with Crippen LogP contribution in [0.1, 0.15) is 44.6 Å². The summed E-state index contributed by atoms with van der Waals surface area (Å²) in [6.07, 6.45) is 8.53. The van der Waals surface area contributed by atoms with Gasteiger partial charge in [0.2, 0.25) is 17.5 Å². The molecule has 0 bridgehead atoms. The maximum absolute atomic E-state index is 12.7. The van der Waals surface area contributed by atoms with Crippen molar-refractivity contribution in [3.63, 3.8) is 0 Å².